The molecule has 0 aromatic carbocycles. The molecule has 0 fully saturated rings. The van der Waals surface area contributed by atoms with Crippen LogP contribution in [-0.2, 0) is 0 Å². The van der Waals surface area contributed by atoms with Gasteiger partial charge >= 0.3 is 0 Å². The van der Waals surface area contributed by atoms with Gasteiger partial charge in [0.15, 0.2) is 5.65 Å². The molecule has 1 atom stereocenters. The number of fused-ring (bicyclic) bond motifs is 1. The summed E-state index contributed by atoms with van der Waals surface area (Å²) in [6.07, 6.45) is 3.47. The number of hydrogen-bond acceptors (Lipinski definition) is 5. The van der Waals surface area contributed by atoms with E-state index >= 15 is 0 Å². The molecule has 0 aliphatic rings. The van der Waals surface area contributed by atoms with Crippen molar-refractivity contribution in [2.24, 2.45) is 0 Å². The minimum atomic E-state index is 0.146. The lowest BCUT2D eigenvalue weighted by atomic mass is 10.2. The molecule has 6 heteroatoms. The van der Waals surface area contributed by atoms with E-state index in [0.29, 0.717) is 0 Å². The van der Waals surface area contributed by atoms with Gasteiger partial charge in [0.1, 0.15) is 17.2 Å². The zero-order valence-electron chi connectivity index (χ0n) is 11.1. The highest BCUT2D eigenvalue weighted by Crippen LogP contribution is 2.24. The predicted molar refractivity (Wildman–Crippen MR) is 76.6 cm³/mol. The summed E-state index contributed by atoms with van der Waals surface area (Å²) in [7, 11) is 0. The summed E-state index contributed by atoms with van der Waals surface area (Å²) in [6.45, 7) is 6.22. The molecule has 1 unspecified atom stereocenters. The summed E-state index contributed by atoms with van der Waals surface area (Å²) >= 11 is 1.71. The van der Waals surface area contributed by atoms with Gasteiger partial charge in [0.2, 0.25) is 0 Å². The van der Waals surface area contributed by atoms with Gasteiger partial charge in [-0.25, -0.2) is 9.97 Å². The van der Waals surface area contributed by atoms with Crippen LogP contribution in [0.1, 0.15) is 28.4 Å². The molecule has 3 aromatic heterocycles. The largest absolute Gasteiger partial charge is 0.361 e. The van der Waals surface area contributed by atoms with E-state index in [4.69, 9.17) is 0 Å². The number of nitrogens with one attached hydrogen (secondary N) is 1. The van der Waals surface area contributed by atoms with Crippen LogP contribution in [-0.4, -0.2) is 19.6 Å². The maximum atomic E-state index is 4.41. The summed E-state index contributed by atoms with van der Waals surface area (Å²) < 4.78 is 1.81. The summed E-state index contributed by atoms with van der Waals surface area (Å²) in [5, 5.41) is 8.76. The van der Waals surface area contributed by atoms with E-state index in [0.717, 1.165) is 22.0 Å². The molecule has 0 spiro atoms. The normalized spacial score (nSPS) is 12.8. The van der Waals surface area contributed by atoms with Crippen LogP contribution in [0.15, 0.2) is 24.7 Å². The first kappa shape index (κ1) is 12.1. The molecule has 3 heterocycles. The van der Waals surface area contributed by atoms with Gasteiger partial charge in [0.05, 0.1) is 6.04 Å². The van der Waals surface area contributed by atoms with E-state index < -0.39 is 0 Å². The number of anilines is 1. The van der Waals surface area contributed by atoms with Crippen molar-refractivity contribution in [3.8, 4) is 0 Å². The Morgan fingerprint density at radius 2 is 2.11 bits per heavy atom. The standard InChI is InChI=1S/C13H15N5S/c1-8-4-11-15-7-16-18(11)12(5-8)17-10(3)13-14-6-9(2)19-13/h4-7,10,17H,1-3H3. The molecular formula is C13H15N5S. The van der Waals surface area contributed by atoms with Gasteiger partial charge in [-0.15, -0.1) is 11.3 Å². The van der Waals surface area contributed by atoms with E-state index in [9.17, 15) is 0 Å². The van der Waals surface area contributed by atoms with Gasteiger partial charge in [-0.05, 0) is 38.5 Å². The Morgan fingerprint density at radius 1 is 1.26 bits per heavy atom. The van der Waals surface area contributed by atoms with Gasteiger partial charge in [0.25, 0.3) is 0 Å². The van der Waals surface area contributed by atoms with Crippen molar-refractivity contribution in [2.75, 3.05) is 5.32 Å². The maximum absolute atomic E-state index is 4.41. The number of thiazole rings is 1. The number of rotatable bonds is 3. The van der Waals surface area contributed by atoms with E-state index in [1.165, 1.54) is 4.88 Å². The summed E-state index contributed by atoms with van der Waals surface area (Å²) in [5.74, 6) is 0.938. The molecular weight excluding hydrogens is 258 g/mol. The molecule has 1 N–H and O–H groups in total. The molecule has 0 aliphatic carbocycles. The highest BCUT2D eigenvalue weighted by molar-refractivity contribution is 7.11. The number of aromatic nitrogens is 4. The van der Waals surface area contributed by atoms with Crippen LogP contribution in [0.25, 0.3) is 5.65 Å². The Balaban J connectivity index is 1.94. The quantitative estimate of drug-likeness (QED) is 0.797. The van der Waals surface area contributed by atoms with E-state index in [1.54, 1.807) is 17.7 Å². The van der Waals surface area contributed by atoms with Gasteiger partial charge in [0, 0.05) is 11.1 Å². The van der Waals surface area contributed by atoms with Crippen molar-refractivity contribution in [3.05, 3.63) is 40.1 Å². The van der Waals surface area contributed by atoms with Crippen LogP contribution in [0.3, 0.4) is 0 Å². The zero-order chi connectivity index (χ0) is 13.4. The Hall–Kier alpha value is -1.95. The van der Waals surface area contributed by atoms with Gasteiger partial charge in [-0.3, -0.25) is 0 Å². The van der Waals surface area contributed by atoms with Crippen molar-refractivity contribution >= 4 is 22.8 Å². The monoisotopic (exact) mass is 273 g/mol. The molecule has 0 bridgehead atoms. The van der Waals surface area contributed by atoms with Gasteiger partial charge in [-0.1, -0.05) is 0 Å². The lowest BCUT2D eigenvalue weighted by Crippen LogP contribution is -2.10. The minimum absolute atomic E-state index is 0.146. The Kier molecular flexibility index (Phi) is 2.94. The second-order valence-corrected chi connectivity index (χ2v) is 5.89. The second kappa shape index (κ2) is 4.62. The van der Waals surface area contributed by atoms with E-state index in [2.05, 4.69) is 47.2 Å². The summed E-state index contributed by atoms with van der Waals surface area (Å²) in [4.78, 5) is 9.86. The highest BCUT2D eigenvalue weighted by Gasteiger charge is 2.12. The Morgan fingerprint density at radius 3 is 2.84 bits per heavy atom. The van der Waals surface area contributed by atoms with Gasteiger partial charge in [-0.2, -0.15) is 9.61 Å². The van der Waals surface area contributed by atoms with Crippen molar-refractivity contribution in [1.82, 2.24) is 19.6 Å². The summed E-state index contributed by atoms with van der Waals surface area (Å²) in [5.41, 5.74) is 2.01. The average Bonchev–Trinajstić information content (AvgIpc) is 2.97. The first-order valence-corrected chi connectivity index (χ1v) is 6.94. The zero-order valence-corrected chi connectivity index (χ0v) is 11.9. The molecule has 3 aromatic rings. The lowest BCUT2D eigenvalue weighted by molar-refractivity contribution is 0.835. The molecule has 5 nitrogen and oxygen atoms in total. The SMILES string of the molecule is Cc1cc(NC(C)c2ncc(C)s2)n2ncnc2c1. The molecule has 0 aliphatic heterocycles. The maximum Gasteiger partial charge on any atom is 0.157 e. The third-order valence-corrected chi connectivity index (χ3v) is 3.99. The first-order valence-electron chi connectivity index (χ1n) is 6.13. The molecule has 98 valence electrons. The lowest BCUT2D eigenvalue weighted by Gasteiger charge is -2.14. The number of hydrogen-bond donors (Lipinski definition) is 1. The molecule has 0 saturated carbocycles. The highest BCUT2D eigenvalue weighted by atomic mass is 32.1. The fourth-order valence-electron chi connectivity index (χ4n) is 2.02. The van der Waals surface area contributed by atoms with E-state index in [1.807, 2.05) is 16.8 Å². The molecule has 0 radical (unpaired) electrons. The third kappa shape index (κ3) is 2.31. The van der Waals surface area contributed by atoms with Crippen LogP contribution in [0.4, 0.5) is 5.82 Å². The molecule has 0 saturated heterocycles. The molecule has 19 heavy (non-hydrogen) atoms. The molecule has 0 amide bonds. The van der Waals surface area contributed by atoms with E-state index in [-0.39, 0.29) is 6.04 Å². The number of aryl methyl sites for hydroxylation is 2. The van der Waals surface area contributed by atoms with Crippen molar-refractivity contribution in [1.29, 1.82) is 0 Å². The van der Waals surface area contributed by atoms with Crippen molar-refractivity contribution in [3.63, 3.8) is 0 Å². The van der Waals surface area contributed by atoms with Crippen LogP contribution in [0.5, 0.6) is 0 Å². The molecule has 3 rings (SSSR count). The number of nitrogens with zero attached hydrogens (tertiary/aromatic N) is 4. The van der Waals surface area contributed by atoms with Crippen LogP contribution in [0, 0.1) is 13.8 Å². The first-order chi connectivity index (χ1) is 9.13. The topological polar surface area (TPSA) is 55.1 Å². The number of pyridine rings is 1. The average molecular weight is 273 g/mol. The van der Waals surface area contributed by atoms with Crippen LogP contribution >= 0.6 is 11.3 Å². The fraction of sp³-hybridized carbons (Fsp3) is 0.308. The van der Waals surface area contributed by atoms with Crippen molar-refractivity contribution in [2.45, 2.75) is 26.8 Å². The third-order valence-electron chi connectivity index (χ3n) is 2.90. The smallest absolute Gasteiger partial charge is 0.157 e. The predicted octanol–water partition coefficient (Wildman–Crippen LogP) is 2.98. The summed E-state index contributed by atoms with van der Waals surface area (Å²) in [6, 6.07) is 4.22. The second-order valence-electron chi connectivity index (χ2n) is 4.62. The Labute approximate surface area is 115 Å². The van der Waals surface area contributed by atoms with Gasteiger partial charge < -0.3 is 5.32 Å². The minimum Gasteiger partial charge on any atom is -0.361 e. The van der Waals surface area contributed by atoms with Crippen LogP contribution in [0.2, 0.25) is 0 Å². The van der Waals surface area contributed by atoms with Crippen LogP contribution < -0.4 is 5.32 Å². The Bertz CT molecular complexity index is 715. The fourth-order valence-corrected chi connectivity index (χ4v) is 2.79. The van der Waals surface area contributed by atoms with Crippen molar-refractivity contribution < 1.29 is 0 Å².